The van der Waals surface area contributed by atoms with Crippen molar-refractivity contribution < 1.29 is 9.84 Å². The lowest BCUT2D eigenvalue weighted by Crippen LogP contribution is -1.98. The summed E-state index contributed by atoms with van der Waals surface area (Å²) in [5.74, 6) is 0.708. The van der Waals surface area contributed by atoms with E-state index in [2.05, 4.69) is 16.5 Å². The molecule has 3 aromatic rings. The number of hydrogen-bond donors (Lipinski definition) is 1. The Hall–Kier alpha value is -3.14. The molecule has 1 heterocycles. The highest BCUT2D eigenvalue weighted by molar-refractivity contribution is 5.82. The van der Waals surface area contributed by atoms with Gasteiger partial charge in [-0.15, -0.1) is 0 Å². The van der Waals surface area contributed by atoms with E-state index in [4.69, 9.17) is 4.74 Å². The number of nitrogens with zero attached hydrogens (tertiary/aromatic N) is 2. The van der Waals surface area contributed by atoms with Gasteiger partial charge in [0.25, 0.3) is 0 Å². The molecular formula is C20H18N2O2. The lowest BCUT2D eigenvalue weighted by molar-refractivity contribution is 0.350. The molecule has 0 amide bonds. The van der Waals surface area contributed by atoms with Crippen LogP contribution in [0.2, 0.25) is 0 Å². The van der Waals surface area contributed by atoms with Crippen LogP contribution in [-0.2, 0) is 0 Å². The molecule has 120 valence electrons. The van der Waals surface area contributed by atoms with Gasteiger partial charge >= 0.3 is 0 Å². The smallest absolute Gasteiger partial charge is 0.128 e. The first-order valence-electron chi connectivity index (χ1n) is 7.61. The van der Waals surface area contributed by atoms with Crippen LogP contribution in [0.5, 0.6) is 11.5 Å². The largest absolute Gasteiger partial charge is 0.507 e. The Morgan fingerprint density at radius 2 is 1.92 bits per heavy atom. The molecule has 1 N–H and O–H groups in total. The van der Waals surface area contributed by atoms with E-state index in [1.54, 1.807) is 18.3 Å². The van der Waals surface area contributed by atoms with Gasteiger partial charge in [-0.25, -0.2) is 9.97 Å². The molecule has 0 aliphatic rings. The third-order valence-corrected chi connectivity index (χ3v) is 3.51. The van der Waals surface area contributed by atoms with Crippen LogP contribution < -0.4 is 4.74 Å². The molecule has 0 radical (unpaired) electrons. The highest BCUT2D eigenvalue weighted by atomic mass is 16.5. The van der Waals surface area contributed by atoms with Gasteiger partial charge < -0.3 is 9.84 Å². The van der Waals surface area contributed by atoms with Crippen molar-refractivity contribution in [3.8, 4) is 33.9 Å². The number of rotatable bonds is 5. The Kier molecular flexibility index (Phi) is 4.57. The highest BCUT2D eigenvalue weighted by Gasteiger charge is 2.13. The maximum absolute atomic E-state index is 10.4. The number of hydrogen-bond acceptors (Lipinski definition) is 4. The first-order chi connectivity index (χ1) is 11.6. The van der Waals surface area contributed by atoms with Crippen molar-refractivity contribution >= 4 is 0 Å². The minimum Gasteiger partial charge on any atom is -0.507 e. The quantitative estimate of drug-likeness (QED) is 0.705. The molecule has 24 heavy (non-hydrogen) atoms. The van der Waals surface area contributed by atoms with Crippen LogP contribution in [0.25, 0.3) is 22.4 Å². The minimum absolute atomic E-state index is 0.116. The Balaban J connectivity index is 2.00. The standard InChI is InChI=1S/C20H18N2O2/c1-14(2)12-24-16-8-9-17(19(23)10-16)20-18(11-21-13-22-20)15-6-4-3-5-7-15/h3-11,13,23H,1,12H2,2H3. The van der Waals surface area contributed by atoms with E-state index < -0.39 is 0 Å². The Morgan fingerprint density at radius 3 is 2.62 bits per heavy atom. The summed E-state index contributed by atoms with van der Waals surface area (Å²) >= 11 is 0. The average Bonchev–Trinajstić information content (AvgIpc) is 2.61. The van der Waals surface area contributed by atoms with Crippen LogP contribution in [0, 0.1) is 0 Å². The van der Waals surface area contributed by atoms with E-state index in [1.807, 2.05) is 43.3 Å². The second-order valence-electron chi connectivity index (χ2n) is 5.58. The van der Waals surface area contributed by atoms with E-state index >= 15 is 0 Å². The topological polar surface area (TPSA) is 55.2 Å². The number of aromatic hydroxyl groups is 1. The second kappa shape index (κ2) is 6.96. The highest BCUT2D eigenvalue weighted by Crippen LogP contribution is 2.36. The minimum atomic E-state index is 0.116. The fraction of sp³-hybridized carbons (Fsp3) is 0.100. The normalized spacial score (nSPS) is 10.4. The fourth-order valence-corrected chi connectivity index (χ4v) is 2.38. The van der Waals surface area contributed by atoms with Gasteiger partial charge in [0.15, 0.2) is 0 Å². The lowest BCUT2D eigenvalue weighted by atomic mass is 10.0. The first-order valence-corrected chi connectivity index (χ1v) is 7.61. The van der Waals surface area contributed by atoms with Crippen LogP contribution in [-0.4, -0.2) is 21.7 Å². The van der Waals surface area contributed by atoms with E-state index in [9.17, 15) is 5.11 Å². The van der Waals surface area contributed by atoms with Crippen molar-refractivity contribution in [2.24, 2.45) is 0 Å². The summed E-state index contributed by atoms with van der Waals surface area (Å²) in [6, 6.07) is 15.1. The third kappa shape index (κ3) is 3.43. The molecule has 0 spiro atoms. The van der Waals surface area contributed by atoms with E-state index in [0.717, 1.165) is 16.7 Å². The number of aromatic nitrogens is 2. The molecule has 0 aliphatic carbocycles. The summed E-state index contributed by atoms with van der Waals surface area (Å²) in [6.45, 7) is 6.11. The predicted octanol–water partition coefficient (Wildman–Crippen LogP) is 4.47. The zero-order valence-corrected chi connectivity index (χ0v) is 13.4. The molecular weight excluding hydrogens is 300 g/mol. The lowest BCUT2D eigenvalue weighted by Gasteiger charge is -2.12. The summed E-state index contributed by atoms with van der Waals surface area (Å²) in [5, 5.41) is 10.4. The monoisotopic (exact) mass is 318 g/mol. The summed E-state index contributed by atoms with van der Waals surface area (Å²) in [5.41, 5.74) is 4.10. The van der Waals surface area contributed by atoms with Crippen LogP contribution in [0.15, 0.2) is 73.2 Å². The van der Waals surface area contributed by atoms with Gasteiger partial charge in [-0.1, -0.05) is 36.9 Å². The van der Waals surface area contributed by atoms with Gasteiger partial charge in [0.2, 0.25) is 0 Å². The molecule has 0 saturated heterocycles. The van der Waals surface area contributed by atoms with Gasteiger partial charge in [0.05, 0.1) is 5.69 Å². The fourth-order valence-electron chi connectivity index (χ4n) is 2.38. The van der Waals surface area contributed by atoms with Gasteiger partial charge in [-0.3, -0.25) is 0 Å². The zero-order valence-electron chi connectivity index (χ0n) is 13.4. The molecule has 3 rings (SSSR count). The zero-order chi connectivity index (χ0) is 16.9. The Labute approximate surface area is 141 Å². The van der Waals surface area contributed by atoms with Crippen molar-refractivity contribution in [2.75, 3.05) is 6.61 Å². The molecule has 0 atom stereocenters. The van der Waals surface area contributed by atoms with Crippen molar-refractivity contribution in [2.45, 2.75) is 6.92 Å². The van der Waals surface area contributed by atoms with Crippen molar-refractivity contribution in [1.82, 2.24) is 9.97 Å². The Morgan fingerprint density at radius 1 is 1.12 bits per heavy atom. The average molecular weight is 318 g/mol. The van der Waals surface area contributed by atoms with E-state index in [1.165, 1.54) is 6.33 Å². The third-order valence-electron chi connectivity index (χ3n) is 3.51. The molecule has 2 aromatic carbocycles. The van der Waals surface area contributed by atoms with E-state index in [-0.39, 0.29) is 5.75 Å². The van der Waals surface area contributed by atoms with Gasteiger partial charge in [-0.2, -0.15) is 0 Å². The van der Waals surface area contributed by atoms with Gasteiger partial charge in [0, 0.05) is 23.4 Å². The summed E-state index contributed by atoms with van der Waals surface area (Å²) in [7, 11) is 0. The van der Waals surface area contributed by atoms with Crippen molar-refractivity contribution in [3.05, 3.63) is 73.2 Å². The van der Waals surface area contributed by atoms with Crippen LogP contribution in [0.3, 0.4) is 0 Å². The number of benzene rings is 2. The number of phenols is 1. The second-order valence-corrected chi connectivity index (χ2v) is 5.58. The Bertz CT molecular complexity index is 861. The van der Waals surface area contributed by atoms with E-state index in [0.29, 0.717) is 23.6 Å². The number of phenolic OH excluding ortho intramolecular Hbond substituents is 1. The molecule has 4 heteroatoms. The van der Waals surface area contributed by atoms with Crippen molar-refractivity contribution in [1.29, 1.82) is 0 Å². The van der Waals surface area contributed by atoms with Crippen LogP contribution in [0.1, 0.15) is 6.92 Å². The molecule has 0 bridgehead atoms. The van der Waals surface area contributed by atoms with Gasteiger partial charge in [-0.05, 0) is 30.2 Å². The summed E-state index contributed by atoms with van der Waals surface area (Å²) in [4.78, 5) is 8.48. The molecule has 0 unspecified atom stereocenters. The molecule has 0 saturated carbocycles. The maximum Gasteiger partial charge on any atom is 0.128 e. The SMILES string of the molecule is C=C(C)COc1ccc(-c2ncncc2-c2ccccc2)c(O)c1. The molecule has 0 aliphatic heterocycles. The van der Waals surface area contributed by atoms with Crippen LogP contribution >= 0.6 is 0 Å². The maximum atomic E-state index is 10.4. The summed E-state index contributed by atoms with van der Waals surface area (Å²) in [6.07, 6.45) is 3.23. The number of ether oxygens (including phenoxy) is 1. The molecule has 1 aromatic heterocycles. The van der Waals surface area contributed by atoms with Crippen LogP contribution in [0.4, 0.5) is 0 Å². The summed E-state index contributed by atoms with van der Waals surface area (Å²) < 4.78 is 5.56. The molecule has 0 fully saturated rings. The predicted molar refractivity (Wildman–Crippen MR) is 94.9 cm³/mol. The first kappa shape index (κ1) is 15.7. The van der Waals surface area contributed by atoms with Gasteiger partial charge in [0.1, 0.15) is 24.4 Å². The van der Waals surface area contributed by atoms with Crippen molar-refractivity contribution in [3.63, 3.8) is 0 Å². The molecule has 4 nitrogen and oxygen atoms in total.